The van der Waals surface area contributed by atoms with Crippen molar-refractivity contribution in [2.24, 2.45) is 0 Å². The van der Waals surface area contributed by atoms with E-state index < -0.39 is 4.92 Å². The van der Waals surface area contributed by atoms with Gasteiger partial charge in [0.2, 0.25) is 0 Å². The average Bonchev–Trinajstić information content (AvgIpc) is 2.96. The van der Waals surface area contributed by atoms with Gasteiger partial charge in [0.05, 0.1) is 15.1 Å². The molecule has 22 heavy (non-hydrogen) atoms. The van der Waals surface area contributed by atoms with Crippen LogP contribution in [0.1, 0.15) is 0 Å². The standard InChI is InChI=1S/C15H12N2O4S/c1-20-9-21-12-6-7-13-14(8-12)22-15(16-13)10-2-4-11(5-3-10)17(18)19/h2-8H,9H2,1H3. The predicted molar refractivity (Wildman–Crippen MR) is 84.2 cm³/mol. The lowest BCUT2D eigenvalue weighted by Crippen LogP contribution is -1.98. The summed E-state index contributed by atoms with van der Waals surface area (Å²) in [7, 11) is 1.57. The van der Waals surface area contributed by atoms with Crippen LogP contribution in [0.2, 0.25) is 0 Å². The monoisotopic (exact) mass is 316 g/mol. The summed E-state index contributed by atoms with van der Waals surface area (Å²) >= 11 is 1.51. The van der Waals surface area contributed by atoms with E-state index in [2.05, 4.69) is 4.98 Å². The van der Waals surface area contributed by atoms with Crippen molar-refractivity contribution in [3.63, 3.8) is 0 Å². The second-order valence-electron chi connectivity index (χ2n) is 4.50. The summed E-state index contributed by atoms with van der Waals surface area (Å²) in [5, 5.41) is 11.5. The molecule has 0 aliphatic carbocycles. The fourth-order valence-electron chi connectivity index (χ4n) is 1.97. The minimum atomic E-state index is -0.415. The number of nitro benzene ring substituents is 1. The van der Waals surface area contributed by atoms with Crippen molar-refractivity contribution in [1.29, 1.82) is 0 Å². The Bertz CT molecular complexity index is 814. The van der Waals surface area contributed by atoms with Gasteiger partial charge >= 0.3 is 0 Å². The number of nitrogens with zero attached hydrogens (tertiary/aromatic N) is 2. The Hall–Kier alpha value is -2.51. The Balaban J connectivity index is 1.92. The van der Waals surface area contributed by atoms with E-state index in [-0.39, 0.29) is 12.5 Å². The van der Waals surface area contributed by atoms with Crippen LogP contribution < -0.4 is 4.74 Å². The van der Waals surface area contributed by atoms with Crippen LogP contribution in [-0.2, 0) is 4.74 Å². The van der Waals surface area contributed by atoms with Gasteiger partial charge in [-0.05, 0) is 30.3 Å². The van der Waals surface area contributed by atoms with Gasteiger partial charge in [0.25, 0.3) is 5.69 Å². The molecule has 0 unspecified atom stereocenters. The Morgan fingerprint density at radius 1 is 1.23 bits per heavy atom. The van der Waals surface area contributed by atoms with Crippen LogP contribution in [0.25, 0.3) is 20.8 Å². The van der Waals surface area contributed by atoms with Crippen molar-refractivity contribution in [2.45, 2.75) is 0 Å². The van der Waals surface area contributed by atoms with Crippen molar-refractivity contribution in [1.82, 2.24) is 4.98 Å². The number of thiazole rings is 1. The molecule has 7 heteroatoms. The summed E-state index contributed by atoms with van der Waals surface area (Å²) in [6, 6.07) is 12.0. The molecule has 3 rings (SSSR count). The van der Waals surface area contributed by atoms with Gasteiger partial charge in [-0.3, -0.25) is 10.1 Å². The molecule has 0 spiro atoms. The summed E-state index contributed by atoms with van der Waals surface area (Å²) in [5.41, 5.74) is 1.79. The van der Waals surface area contributed by atoms with Crippen molar-refractivity contribution < 1.29 is 14.4 Å². The highest BCUT2D eigenvalue weighted by atomic mass is 32.1. The summed E-state index contributed by atoms with van der Waals surface area (Å²) in [4.78, 5) is 14.8. The van der Waals surface area contributed by atoms with E-state index in [4.69, 9.17) is 9.47 Å². The van der Waals surface area contributed by atoms with E-state index in [1.807, 2.05) is 18.2 Å². The summed E-state index contributed by atoms with van der Waals surface area (Å²) in [5.74, 6) is 0.716. The fraction of sp³-hybridized carbons (Fsp3) is 0.133. The Morgan fingerprint density at radius 2 is 2.00 bits per heavy atom. The molecule has 0 amide bonds. The second-order valence-corrected chi connectivity index (χ2v) is 5.53. The molecule has 0 aliphatic rings. The zero-order valence-corrected chi connectivity index (χ0v) is 12.5. The molecule has 3 aromatic rings. The first-order valence-electron chi connectivity index (χ1n) is 6.44. The number of ether oxygens (including phenoxy) is 2. The number of nitro groups is 1. The molecule has 1 aromatic heterocycles. The zero-order valence-electron chi connectivity index (χ0n) is 11.7. The van der Waals surface area contributed by atoms with E-state index >= 15 is 0 Å². The van der Waals surface area contributed by atoms with Crippen LogP contribution in [0, 0.1) is 10.1 Å². The van der Waals surface area contributed by atoms with Gasteiger partial charge < -0.3 is 9.47 Å². The lowest BCUT2D eigenvalue weighted by molar-refractivity contribution is -0.384. The molecule has 112 valence electrons. The molecule has 0 bridgehead atoms. The third kappa shape index (κ3) is 2.90. The molecule has 0 N–H and O–H groups in total. The van der Waals surface area contributed by atoms with Gasteiger partial charge in [-0.2, -0.15) is 0 Å². The molecule has 0 radical (unpaired) electrons. The van der Waals surface area contributed by atoms with Gasteiger partial charge in [0.1, 0.15) is 10.8 Å². The van der Waals surface area contributed by atoms with Crippen LogP contribution in [0.3, 0.4) is 0 Å². The largest absolute Gasteiger partial charge is 0.468 e. The third-order valence-corrected chi connectivity index (χ3v) is 4.10. The normalized spacial score (nSPS) is 10.8. The molecular formula is C15H12N2O4S. The molecule has 0 aliphatic heterocycles. The summed E-state index contributed by atoms with van der Waals surface area (Å²) < 4.78 is 11.3. The number of aromatic nitrogens is 1. The number of hydrogen-bond acceptors (Lipinski definition) is 6. The van der Waals surface area contributed by atoms with E-state index in [1.54, 1.807) is 19.2 Å². The highest BCUT2D eigenvalue weighted by Crippen LogP contribution is 2.33. The quantitative estimate of drug-likeness (QED) is 0.406. The highest BCUT2D eigenvalue weighted by molar-refractivity contribution is 7.21. The minimum Gasteiger partial charge on any atom is -0.468 e. The van der Waals surface area contributed by atoms with E-state index in [1.165, 1.54) is 23.5 Å². The van der Waals surface area contributed by atoms with Crippen LogP contribution >= 0.6 is 11.3 Å². The summed E-state index contributed by atoms with van der Waals surface area (Å²) in [6.45, 7) is 0.194. The first-order chi connectivity index (χ1) is 10.7. The Morgan fingerprint density at radius 3 is 2.68 bits per heavy atom. The van der Waals surface area contributed by atoms with Crippen LogP contribution in [0.5, 0.6) is 5.75 Å². The van der Waals surface area contributed by atoms with Gasteiger partial charge in [0.15, 0.2) is 6.79 Å². The lowest BCUT2D eigenvalue weighted by Gasteiger charge is -2.03. The summed E-state index contributed by atoms with van der Waals surface area (Å²) in [6.07, 6.45) is 0. The van der Waals surface area contributed by atoms with Gasteiger partial charge in [-0.1, -0.05) is 0 Å². The van der Waals surface area contributed by atoms with Crippen LogP contribution in [0.4, 0.5) is 5.69 Å². The minimum absolute atomic E-state index is 0.0695. The number of methoxy groups -OCH3 is 1. The van der Waals surface area contributed by atoms with E-state index in [9.17, 15) is 10.1 Å². The molecule has 1 heterocycles. The first kappa shape index (κ1) is 14.4. The molecule has 0 fully saturated rings. The van der Waals surface area contributed by atoms with Crippen molar-refractivity contribution in [3.05, 3.63) is 52.6 Å². The molecule has 0 atom stereocenters. The molecule has 6 nitrogen and oxygen atoms in total. The van der Waals surface area contributed by atoms with Crippen LogP contribution in [0.15, 0.2) is 42.5 Å². The Labute approximate surface area is 130 Å². The maximum absolute atomic E-state index is 10.7. The number of benzene rings is 2. The zero-order chi connectivity index (χ0) is 15.5. The average molecular weight is 316 g/mol. The van der Waals surface area contributed by atoms with E-state index in [0.29, 0.717) is 5.75 Å². The number of rotatable bonds is 5. The predicted octanol–water partition coefficient (Wildman–Crippen LogP) is 3.85. The molecular weight excluding hydrogens is 304 g/mol. The molecule has 0 saturated heterocycles. The fourth-order valence-corrected chi connectivity index (χ4v) is 2.97. The van der Waals surface area contributed by atoms with Crippen molar-refractivity contribution in [2.75, 3.05) is 13.9 Å². The van der Waals surface area contributed by atoms with Gasteiger partial charge in [-0.25, -0.2) is 4.98 Å². The SMILES string of the molecule is COCOc1ccc2nc(-c3ccc([N+](=O)[O-])cc3)sc2c1. The maximum Gasteiger partial charge on any atom is 0.269 e. The second kappa shape index (κ2) is 6.08. The first-order valence-corrected chi connectivity index (χ1v) is 7.26. The Kier molecular flexibility index (Phi) is 3.99. The van der Waals surface area contributed by atoms with E-state index in [0.717, 1.165) is 20.8 Å². The topological polar surface area (TPSA) is 74.5 Å². The van der Waals surface area contributed by atoms with Crippen molar-refractivity contribution in [3.8, 4) is 16.3 Å². The molecule has 2 aromatic carbocycles. The smallest absolute Gasteiger partial charge is 0.269 e. The third-order valence-electron chi connectivity index (χ3n) is 3.03. The van der Waals surface area contributed by atoms with Gasteiger partial charge in [-0.15, -0.1) is 11.3 Å². The molecule has 0 saturated carbocycles. The van der Waals surface area contributed by atoms with Crippen LogP contribution in [-0.4, -0.2) is 23.8 Å². The number of fused-ring (bicyclic) bond motifs is 1. The highest BCUT2D eigenvalue weighted by Gasteiger charge is 2.10. The van der Waals surface area contributed by atoms with Gasteiger partial charge in [0, 0.05) is 24.8 Å². The van der Waals surface area contributed by atoms with Crippen molar-refractivity contribution >= 4 is 27.2 Å². The lowest BCUT2D eigenvalue weighted by atomic mass is 10.2. The number of hydrogen-bond donors (Lipinski definition) is 0. The number of non-ortho nitro benzene ring substituents is 1. The maximum atomic E-state index is 10.7.